The molecule has 0 amide bonds. The van der Waals surface area contributed by atoms with Crippen molar-refractivity contribution in [3.05, 3.63) is 23.8 Å². The summed E-state index contributed by atoms with van der Waals surface area (Å²) >= 11 is 1.35. The Morgan fingerprint density at radius 1 is 1.41 bits per heavy atom. The molecule has 0 unspecified atom stereocenters. The zero-order valence-electron chi connectivity index (χ0n) is 9.01. The number of carboxylic acids is 1. The smallest absolute Gasteiger partial charge is 0.334 e. The number of carboxylic acid groups (broad SMARTS) is 1. The third kappa shape index (κ3) is 2.32. The molecule has 1 heterocycles. The highest BCUT2D eigenvalue weighted by molar-refractivity contribution is 8.01. The first-order valence-electron chi connectivity index (χ1n) is 5.17. The minimum absolute atomic E-state index is 0.204. The lowest BCUT2D eigenvalue weighted by atomic mass is 10.0. The van der Waals surface area contributed by atoms with Crippen molar-refractivity contribution < 1.29 is 20.1 Å². The van der Waals surface area contributed by atoms with Crippen molar-refractivity contribution in [1.82, 2.24) is 5.32 Å². The minimum Gasteiger partial charge on any atom is -0.504 e. The van der Waals surface area contributed by atoms with E-state index in [-0.39, 0.29) is 17.9 Å². The summed E-state index contributed by atoms with van der Waals surface area (Å²) in [5.41, 5.74) is 0.671. The van der Waals surface area contributed by atoms with Gasteiger partial charge in [0.1, 0.15) is 0 Å². The molecule has 1 atom stereocenters. The van der Waals surface area contributed by atoms with Crippen molar-refractivity contribution in [1.29, 1.82) is 0 Å². The number of carbonyl (C=O) groups is 1. The van der Waals surface area contributed by atoms with Crippen LogP contribution in [0.1, 0.15) is 5.56 Å². The van der Waals surface area contributed by atoms with Crippen molar-refractivity contribution in [2.45, 2.75) is 11.3 Å². The molecule has 0 aliphatic carbocycles. The lowest BCUT2D eigenvalue weighted by Gasteiger charge is -2.23. The van der Waals surface area contributed by atoms with Crippen molar-refractivity contribution in [3.63, 3.8) is 0 Å². The van der Waals surface area contributed by atoms with Gasteiger partial charge in [-0.2, -0.15) is 0 Å². The minimum atomic E-state index is -1.02. The number of benzene rings is 1. The maximum atomic E-state index is 11.3. The maximum absolute atomic E-state index is 11.3. The molecule has 1 aliphatic heterocycles. The molecular formula is C11H13NO4S. The van der Waals surface area contributed by atoms with Crippen molar-refractivity contribution in [2.75, 3.05) is 12.3 Å². The summed E-state index contributed by atoms with van der Waals surface area (Å²) in [6.07, 6.45) is 0.265. The number of hydrogen-bond acceptors (Lipinski definition) is 5. The number of phenols is 2. The molecule has 1 fully saturated rings. The summed E-state index contributed by atoms with van der Waals surface area (Å²) < 4.78 is 0. The fourth-order valence-electron chi connectivity index (χ4n) is 1.82. The van der Waals surface area contributed by atoms with Gasteiger partial charge in [-0.3, -0.25) is 5.32 Å². The van der Waals surface area contributed by atoms with E-state index in [4.69, 9.17) is 0 Å². The lowest BCUT2D eigenvalue weighted by Crippen LogP contribution is -2.47. The number of aliphatic carboxylic acids is 1. The van der Waals surface area contributed by atoms with E-state index < -0.39 is 10.8 Å². The summed E-state index contributed by atoms with van der Waals surface area (Å²) in [7, 11) is 0. The molecule has 4 N–H and O–H groups in total. The average molecular weight is 255 g/mol. The number of aromatic hydroxyl groups is 2. The Bertz CT molecular complexity index is 443. The summed E-state index contributed by atoms with van der Waals surface area (Å²) in [4.78, 5) is 10.3. The quantitative estimate of drug-likeness (QED) is 0.596. The Morgan fingerprint density at radius 2 is 2.18 bits per heavy atom. The second kappa shape index (κ2) is 4.46. The summed E-state index contributed by atoms with van der Waals surface area (Å²) in [5.74, 6) is -0.597. The largest absolute Gasteiger partial charge is 0.504 e. The van der Waals surface area contributed by atoms with Gasteiger partial charge >= 0.3 is 5.97 Å². The predicted octanol–water partition coefficient (Wildman–Crippen LogP) is 0.758. The van der Waals surface area contributed by atoms with E-state index in [2.05, 4.69) is 5.32 Å². The highest BCUT2D eigenvalue weighted by atomic mass is 32.2. The van der Waals surface area contributed by atoms with Crippen molar-refractivity contribution in [2.24, 2.45) is 0 Å². The van der Waals surface area contributed by atoms with Gasteiger partial charge < -0.3 is 15.3 Å². The molecule has 1 aliphatic rings. The van der Waals surface area contributed by atoms with Crippen LogP contribution in [0.3, 0.4) is 0 Å². The molecule has 0 bridgehead atoms. The molecule has 1 aromatic rings. The summed E-state index contributed by atoms with van der Waals surface area (Å²) in [6, 6.07) is 4.36. The molecule has 2 rings (SSSR count). The molecule has 0 aromatic heterocycles. The average Bonchev–Trinajstić information content (AvgIpc) is 2.73. The molecule has 0 saturated carbocycles. The zero-order chi connectivity index (χ0) is 12.5. The second-order valence-corrected chi connectivity index (χ2v) is 5.30. The Labute approximate surface area is 102 Å². The van der Waals surface area contributed by atoms with Crippen molar-refractivity contribution in [3.8, 4) is 11.5 Å². The van der Waals surface area contributed by atoms with Crippen LogP contribution in [0.4, 0.5) is 0 Å². The first-order valence-corrected chi connectivity index (χ1v) is 6.15. The molecule has 1 aromatic carbocycles. The van der Waals surface area contributed by atoms with Crippen molar-refractivity contribution >= 4 is 17.7 Å². The van der Waals surface area contributed by atoms with Gasteiger partial charge in [0.2, 0.25) is 0 Å². The Kier molecular flexibility index (Phi) is 3.17. The number of thioether (sulfide) groups is 1. The summed E-state index contributed by atoms with van der Waals surface area (Å²) in [5, 5.41) is 30.8. The fraction of sp³-hybridized carbons (Fsp3) is 0.364. The normalized spacial score (nSPS) is 23.8. The fourth-order valence-corrected chi connectivity index (χ4v) is 2.97. The van der Waals surface area contributed by atoms with Gasteiger partial charge in [0.25, 0.3) is 0 Å². The van der Waals surface area contributed by atoms with E-state index in [0.29, 0.717) is 12.1 Å². The van der Waals surface area contributed by atoms with E-state index >= 15 is 0 Å². The molecule has 17 heavy (non-hydrogen) atoms. The first kappa shape index (κ1) is 12.1. The van der Waals surface area contributed by atoms with Gasteiger partial charge in [0.05, 0.1) is 0 Å². The van der Waals surface area contributed by atoms with Crippen LogP contribution >= 0.6 is 11.8 Å². The van der Waals surface area contributed by atoms with Gasteiger partial charge in [-0.25, -0.2) is 4.79 Å². The topological polar surface area (TPSA) is 89.8 Å². The third-order valence-corrected chi connectivity index (χ3v) is 4.06. The van der Waals surface area contributed by atoms with E-state index in [1.54, 1.807) is 6.07 Å². The standard InChI is InChI=1S/C11H13NO4S/c13-8-2-1-7(5-9(8)14)6-11(10(15)16)12-3-4-17-11/h1-2,5,12-14H,3-4,6H2,(H,15,16)/t11-/m1/s1. The van der Waals surface area contributed by atoms with Crippen LogP contribution in [0.5, 0.6) is 11.5 Å². The first-order chi connectivity index (χ1) is 8.03. The van der Waals surface area contributed by atoms with Gasteiger partial charge in [-0.05, 0) is 17.7 Å². The molecule has 92 valence electrons. The van der Waals surface area contributed by atoms with Gasteiger partial charge in [0, 0.05) is 18.7 Å². The molecular weight excluding hydrogens is 242 g/mol. The van der Waals surface area contributed by atoms with Crippen LogP contribution in [-0.4, -0.2) is 38.5 Å². The van der Waals surface area contributed by atoms with E-state index in [9.17, 15) is 20.1 Å². The molecule has 6 heteroatoms. The molecule has 1 saturated heterocycles. The van der Waals surface area contributed by atoms with E-state index in [1.165, 1.54) is 23.9 Å². The number of nitrogens with one attached hydrogen (secondary N) is 1. The number of rotatable bonds is 3. The Morgan fingerprint density at radius 3 is 2.71 bits per heavy atom. The molecule has 0 spiro atoms. The number of phenolic OH excluding ortho intramolecular Hbond substituents is 2. The van der Waals surface area contributed by atoms with Gasteiger partial charge in [-0.1, -0.05) is 6.07 Å². The van der Waals surface area contributed by atoms with Gasteiger partial charge in [0.15, 0.2) is 16.4 Å². The van der Waals surface area contributed by atoms with Crippen LogP contribution in [0, 0.1) is 0 Å². The highest BCUT2D eigenvalue weighted by Gasteiger charge is 2.42. The van der Waals surface area contributed by atoms with E-state index in [0.717, 1.165) is 5.75 Å². The van der Waals surface area contributed by atoms with E-state index in [1.807, 2.05) is 0 Å². The van der Waals surface area contributed by atoms with Crippen LogP contribution in [0.2, 0.25) is 0 Å². The molecule has 0 radical (unpaired) electrons. The van der Waals surface area contributed by atoms with Crippen LogP contribution in [0.15, 0.2) is 18.2 Å². The molecule has 5 nitrogen and oxygen atoms in total. The van der Waals surface area contributed by atoms with Crippen LogP contribution in [0.25, 0.3) is 0 Å². The van der Waals surface area contributed by atoms with Gasteiger partial charge in [-0.15, -0.1) is 11.8 Å². The monoisotopic (exact) mass is 255 g/mol. The zero-order valence-corrected chi connectivity index (χ0v) is 9.83. The third-order valence-electron chi connectivity index (χ3n) is 2.70. The predicted molar refractivity (Wildman–Crippen MR) is 64.3 cm³/mol. The lowest BCUT2D eigenvalue weighted by molar-refractivity contribution is -0.140. The SMILES string of the molecule is O=C(O)[C@]1(Cc2ccc(O)c(O)c2)NCCS1. The van der Waals surface area contributed by atoms with Crippen LogP contribution < -0.4 is 5.32 Å². The van der Waals surface area contributed by atoms with Crippen LogP contribution in [-0.2, 0) is 11.2 Å². The second-order valence-electron chi connectivity index (χ2n) is 3.91. The Hall–Kier alpha value is -1.40. The number of hydrogen-bond donors (Lipinski definition) is 4. The highest BCUT2D eigenvalue weighted by Crippen LogP contribution is 2.33. The maximum Gasteiger partial charge on any atom is 0.334 e. The Balaban J connectivity index is 2.23. The summed E-state index contributed by atoms with van der Waals surface area (Å²) in [6.45, 7) is 0.654.